The molecule has 0 saturated carbocycles. The highest BCUT2D eigenvalue weighted by atomic mass is 19.3. The smallest absolute Gasteiger partial charge is 0.256 e. The lowest BCUT2D eigenvalue weighted by molar-refractivity contribution is -0.117. The number of aromatic hydroxyl groups is 1. The third kappa shape index (κ3) is 6.15. The van der Waals surface area contributed by atoms with Crippen LogP contribution in [0.5, 0.6) is 17.2 Å². The number of carbonyl (C=O) groups excluding carboxylic acids is 2. The molecule has 10 heteroatoms. The summed E-state index contributed by atoms with van der Waals surface area (Å²) in [5, 5.41) is 21.1. The van der Waals surface area contributed by atoms with Crippen molar-refractivity contribution in [3.63, 3.8) is 0 Å². The van der Waals surface area contributed by atoms with Gasteiger partial charge >= 0.3 is 0 Å². The molecule has 0 spiro atoms. The molecule has 0 fully saturated rings. The summed E-state index contributed by atoms with van der Waals surface area (Å²) in [6.07, 6.45) is 3.56. The minimum atomic E-state index is -0.571. The number of phenols is 1. The molecule has 36 heavy (non-hydrogen) atoms. The Morgan fingerprint density at radius 2 is 1.94 bits per heavy atom. The van der Waals surface area contributed by atoms with Crippen LogP contribution in [0.15, 0.2) is 60.9 Å². The lowest BCUT2D eigenvalue weighted by Crippen LogP contribution is -2.40. The van der Waals surface area contributed by atoms with Crippen molar-refractivity contribution in [3.05, 3.63) is 77.6 Å². The minimum absolute atomic E-state index is 0.159. The standard InChI is InChI=1S/C26H27FN4O5/c1-3-31(18-10-11-22(36-27)21(32)14-18)24(33)16-30-26(34)25-19(8-5-9-23(25)35-4-2)20(28)13-17-7-6-12-29-15-17/h5-12,14-15,28,32H,3-4,13,16H2,1-2H3,(H,30,34). The van der Waals surface area contributed by atoms with Crippen LogP contribution >= 0.6 is 0 Å². The number of rotatable bonds is 11. The highest BCUT2D eigenvalue weighted by Gasteiger charge is 2.23. The number of likely N-dealkylation sites (N-methyl/N-ethyl adjacent to an activating group) is 1. The van der Waals surface area contributed by atoms with Gasteiger partial charge in [0.2, 0.25) is 11.7 Å². The molecule has 0 radical (unpaired) electrons. The zero-order valence-electron chi connectivity index (χ0n) is 20.0. The zero-order chi connectivity index (χ0) is 26.1. The van der Waals surface area contributed by atoms with E-state index in [-0.39, 0.29) is 36.5 Å². The summed E-state index contributed by atoms with van der Waals surface area (Å²) >= 11 is 0. The first-order chi connectivity index (χ1) is 17.4. The van der Waals surface area contributed by atoms with Crippen LogP contribution in [-0.4, -0.2) is 47.3 Å². The first-order valence-electron chi connectivity index (χ1n) is 11.3. The van der Waals surface area contributed by atoms with E-state index >= 15 is 0 Å². The molecule has 2 amide bonds. The Kier molecular flexibility index (Phi) is 8.93. The van der Waals surface area contributed by atoms with Crippen molar-refractivity contribution in [2.24, 2.45) is 0 Å². The number of pyridine rings is 1. The maximum absolute atomic E-state index is 13.2. The Morgan fingerprint density at radius 1 is 1.14 bits per heavy atom. The largest absolute Gasteiger partial charge is 0.504 e. The van der Waals surface area contributed by atoms with Crippen molar-refractivity contribution in [2.45, 2.75) is 20.3 Å². The van der Waals surface area contributed by atoms with Crippen molar-refractivity contribution < 1.29 is 28.9 Å². The van der Waals surface area contributed by atoms with Crippen LogP contribution in [0.3, 0.4) is 0 Å². The van der Waals surface area contributed by atoms with E-state index in [1.807, 2.05) is 6.07 Å². The summed E-state index contributed by atoms with van der Waals surface area (Å²) in [5.74, 6) is -1.56. The number of anilines is 1. The third-order valence-corrected chi connectivity index (χ3v) is 5.34. The molecule has 3 rings (SSSR count). The van der Waals surface area contributed by atoms with Gasteiger partial charge in [0.25, 0.3) is 5.91 Å². The fraction of sp³-hybridized carbons (Fsp3) is 0.231. The number of nitrogens with one attached hydrogen (secondary N) is 2. The van der Waals surface area contributed by atoms with Gasteiger partial charge in [0.05, 0.1) is 18.7 Å². The second kappa shape index (κ2) is 12.3. The Bertz CT molecular complexity index is 1240. The van der Waals surface area contributed by atoms with Gasteiger partial charge < -0.3 is 25.5 Å². The molecule has 188 valence electrons. The number of halogens is 1. The van der Waals surface area contributed by atoms with Gasteiger partial charge in [-0.2, -0.15) is 0 Å². The first-order valence-corrected chi connectivity index (χ1v) is 11.3. The Labute approximate surface area is 207 Å². The maximum Gasteiger partial charge on any atom is 0.256 e. The lowest BCUT2D eigenvalue weighted by Gasteiger charge is -2.22. The van der Waals surface area contributed by atoms with E-state index in [2.05, 4.69) is 15.2 Å². The van der Waals surface area contributed by atoms with Gasteiger partial charge in [0.15, 0.2) is 5.75 Å². The predicted octanol–water partition coefficient (Wildman–Crippen LogP) is 3.84. The second-order valence-electron chi connectivity index (χ2n) is 7.68. The molecule has 0 aliphatic rings. The predicted molar refractivity (Wildman–Crippen MR) is 133 cm³/mol. The maximum atomic E-state index is 13.2. The summed E-state index contributed by atoms with van der Waals surface area (Å²) in [4.78, 5) is 35.1. The SMILES string of the molecule is CCOc1cccc(C(=N)Cc2cccnc2)c1C(=O)NCC(=O)N(CC)c1ccc(OF)c(O)c1. The molecule has 3 N–H and O–H groups in total. The van der Waals surface area contributed by atoms with E-state index in [0.29, 0.717) is 23.6 Å². The van der Waals surface area contributed by atoms with Gasteiger partial charge in [-0.1, -0.05) is 18.2 Å². The molecule has 0 aliphatic carbocycles. The zero-order valence-corrected chi connectivity index (χ0v) is 20.0. The highest BCUT2D eigenvalue weighted by molar-refractivity contribution is 6.12. The van der Waals surface area contributed by atoms with E-state index < -0.39 is 17.6 Å². The Morgan fingerprint density at radius 3 is 2.58 bits per heavy atom. The molecular weight excluding hydrogens is 467 g/mol. The summed E-state index contributed by atoms with van der Waals surface area (Å²) in [7, 11) is 0. The molecule has 0 unspecified atom stereocenters. The van der Waals surface area contributed by atoms with E-state index in [4.69, 9.17) is 10.1 Å². The molecule has 1 heterocycles. The number of nitrogens with zero attached hydrogens (tertiary/aromatic N) is 2. The van der Waals surface area contributed by atoms with E-state index in [9.17, 15) is 19.2 Å². The van der Waals surface area contributed by atoms with Crippen molar-refractivity contribution in [3.8, 4) is 17.2 Å². The summed E-state index contributed by atoms with van der Waals surface area (Å²) in [6.45, 7) is 3.70. The lowest BCUT2D eigenvalue weighted by atomic mass is 9.97. The van der Waals surface area contributed by atoms with Crippen LogP contribution in [0.25, 0.3) is 0 Å². The fourth-order valence-corrected chi connectivity index (χ4v) is 3.68. The number of benzene rings is 2. The number of phenolic OH excluding ortho intramolecular Hbond substituents is 1. The first kappa shape index (κ1) is 26.1. The average Bonchev–Trinajstić information content (AvgIpc) is 2.88. The van der Waals surface area contributed by atoms with E-state index in [1.54, 1.807) is 50.5 Å². The molecule has 2 aromatic carbocycles. The molecule has 3 aromatic rings. The van der Waals surface area contributed by atoms with Gasteiger partial charge in [-0.15, -0.1) is 0 Å². The van der Waals surface area contributed by atoms with Crippen molar-refractivity contribution in [2.75, 3.05) is 24.6 Å². The highest BCUT2D eigenvalue weighted by Crippen LogP contribution is 2.31. The third-order valence-electron chi connectivity index (χ3n) is 5.34. The summed E-state index contributed by atoms with van der Waals surface area (Å²) < 4.78 is 18.1. The summed E-state index contributed by atoms with van der Waals surface area (Å²) in [6, 6.07) is 12.4. The van der Waals surface area contributed by atoms with Crippen LogP contribution in [0, 0.1) is 5.41 Å². The number of hydrogen-bond donors (Lipinski definition) is 3. The molecule has 1 aromatic heterocycles. The van der Waals surface area contributed by atoms with Crippen molar-refractivity contribution in [1.29, 1.82) is 5.41 Å². The molecule has 0 aliphatic heterocycles. The molecule has 0 bridgehead atoms. The minimum Gasteiger partial charge on any atom is -0.504 e. The number of aromatic nitrogens is 1. The number of carbonyl (C=O) groups is 2. The molecule has 0 saturated heterocycles. The van der Waals surface area contributed by atoms with E-state index in [1.165, 1.54) is 23.1 Å². The topological polar surface area (TPSA) is 125 Å². The quantitative estimate of drug-likeness (QED) is 0.348. The van der Waals surface area contributed by atoms with Crippen molar-refractivity contribution >= 4 is 23.2 Å². The Balaban J connectivity index is 1.80. The normalized spacial score (nSPS) is 10.4. The number of amides is 2. The molecular formula is C26H27FN4O5. The van der Waals surface area contributed by atoms with Crippen molar-refractivity contribution in [1.82, 2.24) is 10.3 Å². The van der Waals surface area contributed by atoms with Crippen LogP contribution < -0.4 is 19.9 Å². The van der Waals surface area contributed by atoms with Crippen LogP contribution in [0.2, 0.25) is 0 Å². The van der Waals surface area contributed by atoms with Gasteiger partial charge in [0.1, 0.15) is 5.75 Å². The molecule has 9 nitrogen and oxygen atoms in total. The van der Waals surface area contributed by atoms with Gasteiger partial charge in [-0.3, -0.25) is 19.5 Å². The average molecular weight is 495 g/mol. The van der Waals surface area contributed by atoms with Crippen LogP contribution in [-0.2, 0) is 11.2 Å². The number of ether oxygens (including phenoxy) is 1. The Hall–Kier alpha value is -4.47. The summed E-state index contributed by atoms with van der Waals surface area (Å²) in [5.41, 5.74) is 1.86. The van der Waals surface area contributed by atoms with Crippen LogP contribution in [0.1, 0.15) is 35.3 Å². The van der Waals surface area contributed by atoms with Crippen LogP contribution in [0.4, 0.5) is 10.2 Å². The van der Waals surface area contributed by atoms with Gasteiger partial charge in [-0.05, 0) is 43.7 Å². The fourth-order valence-electron chi connectivity index (χ4n) is 3.68. The second-order valence-corrected chi connectivity index (χ2v) is 7.68. The number of hydrogen-bond acceptors (Lipinski definition) is 7. The van der Waals surface area contributed by atoms with Gasteiger partial charge in [-0.25, -0.2) is 0 Å². The van der Waals surface area contributed by atoms with E-state index in [0.717, 1.165) is 5.56 Å². The van der Waals surface area contributed by atoms with Gasteiger partial charge in [0, 0.05) is 52.9 Å². The molecule has 0 atom stereocenters. The monoisotopic (exact) mass is 494 g/mol.